The molecule has 1 aromatic carbocycles. The molecule has 1 aliphatic heterocycles. The van der Waals surface area contributed by atoms with Crippen molar-refractivity contribution in [1.82, 2.24) is 19.9 Å². The number of halogens is 1. The first-order valence-corrected chi connectivity index (χ1v) is 12.4. The molecule has 0 N–H and O–H groups in total. The third-order valence-electron chi connectivity index (χ3n) is 7.26. The maximum absolute atomic E-state index is 14.7. The molecule has 0 spiro atoms. The predicted molar refractivity (Wildman–Crippen MR) is 132 cm³/mol. The zero-order chi connectivity index (χ0) is 24.2. The second-order valence-electron chi connectivity index (χ2n) is 9.48. The van der Waals surface area contributed by atoms with E-state index in [2.05, 4.69) is 31.8 Å². The highest BCUT2D eigenvalue weighted by atomic mass is 19.1. The second kappa shape index (κ2) is 10.6. The van der Waals surface area contributed by atoms with Gasteiger partial charge in [0.2, 0.25) is 5.95 Å². The van der Waals surface area contributed by atoms with Gasteiger partial charge in [-0.15, -0.1) is 0 Å². The molecule has 0 radical (unpaired) electrons. The van der Waals surface area contributed by atoms with Crippen molar-refractivity contribution >= 4 is 5.95 Å². The molecule has 1 saturated heterocycles. The summed E-state index contributed by atoms with van der Waals surface area (Å²) in [5.74, 6) is 2.61. The molecule has 2 atom stereocenters. The minimum Gasteiger partial charge on any atom is -0.467 e. The van der Waals surface area contributed by atoms with Gasteiger partial charge >= 0.3 is 6.01 Å². The number of hydrogen-bond donors (Lipinski definition) is 0. The molecule has 35 heavy (non-hydrogen) atoms. The van der Waals surface area contributed by atoms with Crippen LogP contribution in [0.5, 0.6) is 6.01 Å². The Hall–Kier alpha value is -3.13. The van der Waals surface area contributed by atoms with Crippen LogP contribution in [0.15, 0.2) is 42.9 Å². The molecule has 3 heterocycles. The number of piperidine rings is 1. The first kappa shape index (κ1) is 23.6. The van der Waals surface area contributed by atoms with Crippen LogP contribution in [0.3, 0.4) is 0 Å². The van der Waals surface area contributed by atoms with Crippen LogP contribution in [-0.4, -0.2) is 46.7 Å². The molecule has 8 heteroatoms. The smallest absolute Gasteiger partial charge is 0.316 e. The highest BCUT2D eigenvalue weighted by molar-refractivity contribution is 5.59. The van der Waals surface area contributed by atoms with Gasteiger partial charge in [-0.25, -0.2) is 19.3 Å². The summed E-state index contributed by atoms with van der Waals surface area (Å²) < 4.78 is 25.7. The minimum atomic E-state index is -0.283. The fourth-order valence-corrected chi connectivity index (χ4v) is 5.01. The van der Waals surface area contributed by atoms with Gasteiger partial charge in [0, 0.05) is 42.8 Å². The molecule has 5 rings (SSSR count). The van der Waals surface area contributed by atoms with E-state index in [0.29, 0.717) is 29.3 Å². The summed E-state index contributed by atoms with van der Waals surface area (Å²) in [5, 5.41) is 0. The molecular weight excluding hydrogens is 445 g/mol. The number of anilines is 1. The van der Waals surface area contributed by atoms with Crippen LogP contribution >= 0.6 is 0 Å². The summed E-state index contributed by atoms with van der Waals surface area (Å²) in [6.45, 7) is 5.11. The van der Waals surface area contributed by atoms with E-state index in [-0.39, 0.29) is 18.4 Å². The average Bonchev–Trinajstić information content (AvgIpc) is 3.69. The number of hydrogen-bond acceptors (Lipinski definition) is 7. The quantitative estimate of drug-likeness (QED) is 0.442. The molecule has 3 aromatic rings. The normalized spacial score (nSPS) is 20.1. The first-order valence-electron chi connectivity index (χ1n) is 12.4. The summed E-state index contributed by atoms with van der Waals surface area (Å²) in [4.78, 5) is 19.6. The molecule has 2 fully saturated rings. The molecular formula is C27H32FN5O2. The van der Waals surface area contributed by atoms with Gasteiger partial charge in [-0.2, -0.15) is 4.98 Å². The van der Waals surface area contributed by atoms with E-state index in [0.717, 1.165) is 37.3 Å². The number of aromatic nitrogens is 4. The van der Waals surface area contributed by atoms with Crippen molar-refractivity contribution in [2.45, 2.75) is 39.2 Å². The van der Waals surface area contributed by atoms with Gasteiger partial charge in [-0.1, -0.05) is 19.1 Å². The average molecular weight is 478 g/mol. The molecule has 1 saturated carbocycles. The SMILES string of the molecule is CCc1cnc(N2CCC([C@H]3C[C@H]3COCc3ccc(-c4ccnc(OC)n4)cc3F)CC2)nc1. The van der Waals surface area contributed by atoms with E-state index in [1.807, 2.05) is 18.5 Å². The van der Waals surface area contributed by atoms with Crippen molar-refractivity contribution in [1.29, 1.82) is 0 Å². The Morgan fingerprint density at radius 3 is 2.60 bits per heavy atom. The van der Waals surface area contributed by atoms with E-state index in [1.165, 1.54) is 38.0 Å². The molecule has 1 aliphatic carbocycles. The van der Waals surface area contributed by atoms with Crippen LogP contribution in [-0.2, 0) is 17.8 Å². The molecule has 7 nitrogen and oxygen atoms in total. The summed E-state index contributed by atoms with van der Waals surface area (Å²) in [6, 6.07) is 7.12. The lowest BCUT2D eigenvalue weighted by atomic mass is 9.91. The lowest BCUT2D eigenvalue weighted by molar-refractivity contribution is 0.102. The number of rotatable bonds is 9. The fourth-order valence-electron chi connectivity index (χ4n) is 5.01. The lowest BCUT2D eigenvalue weighted by Gasteiger charge is -2.32. The lowest BCUT2D eigenvalue weighted by Crippen LogP contribution is -2.35. The molecule has 0 unspecified atom stereocenters. The number of aryl methyl sites for hydroxylation is 1. The number of ether oxygens (including phenoxy) is 2. The van der Waals surface area contributed by atoms with E-state index >= 15 is 0 Å². The molecule has 2 aliphatic rings. The third kappa shape index (κ3) is 5.59. The van der Waals surface area contributed by atoms with E-state index < -0.39 is 0 Å². The maximum atomic E-state index is 14.7. The molecule has 184 valence electrons. The van der Waals surface area contributed by atoms with Crippen molar-refractivity contribution in [3.8, 4) is 17.3 Å². The topological polar surface area (TPSA) is 73.3 Å². The summed E-state index contributed by atoms with van der Waals surface area (Å²) in [5.41, 5.74) is 3.05. The van der Waals surface area contributed by atoms with Crippen LogP contribution < -0.4 is 9.64 Å². The van der Waals surface area contributed by atoms with E-state index in [4.69, 9.17) is 9.47 Å². The van der Waals surface area contributed by atoms with Crippen LogP contribution in [0.4, 0.5) is 10.3 Å². The highest BCUT2D eigenvalue weighted by Gasteiger charge is 2.43. The number of methoxy groups -OCH3 is 1. The number of nitrogens with zero attached hydrogens (tertiary/aromatic N) is 5. The Labute approximate surface area is 205 Å². The van der Waals surface area contributed by atoms with Crippen molar-refractivity contribution in [2.75, 3.05) is 31.7 Å². The second-order valence-corrected chi connectivity index (χ2v) is 9.48. The van der Waals surface area contributed by atoms with Gasteiger partial charge in [0.05, 0.1) is 26.0 Å². The van der Waals surface area contributed by atoms with E-state index in [9.17, 15) is 4.39 Å². The minimum absolute atomic E-state index is 0.263. The van der Waals surface area contributed by atoms with Crippen LogP contribution in [0.25, 0.3) is 11.3 Å². The van der Waals surface area contributed by atoms with E-state index in [1.54, 1.807) is 18.3 Å². The Balaban J connectivity index is 1.06. The van der Waals surface area contributed by atoms with Gasteiger partial charge in [0.25, 0.3) is 0 Å². The number of benzene rings is 1. The van der Waals surface area contributed by atoms with Crippen LogP contribution in [0.2, 0.25) is 0 Å². The van der Waals surface area contributed by atoms with Gasteiger partial charge in [-0.3, -0.25) is 0 Å². The standard InChI is InChI=1S/C27H32FN5O2/c1-3-18-14-30-26(31-15-18)33-10-7-19(8-11-33)23-12-22(23)17-35-16-21-5-4-20(13-24(21)28)25-6-9-29-27(32-25)34-2/h4-6,9,13-15,19,22-23H,3,7-8,10-12,16-17H2,1-2H3/t22-,23+/m0/s1. The van der Waals surface area contributed by atoms with Crippen molar-refractivity contribution in [2.24, 2.45) is 17.8 Å². The molecule has 2 aromatic heterocycles. The summed E-state index contributed by atoms with van der Waals surface area (Å²) >= 11 is 0. The monoisotopic (exact) mass is 477 g/mol. The third-order valence-corrected chi connectivity index (χ3v) is 7.26. The van der Waals surface area contributed by atoms with Crippen molar-refractivity contribution in [3.63, 3.8) is 0 Å². The van der Waals surface area contributed by atoms with Crippen molar-refractivity contribution in [3.05, 3.63) is 59.8 Å². The maximum Gasteiger partial charge on any atom is 0.316 e. The van der Waals surface area contributed by atoms with Gasteiger partial charge in [0.1, 0.15) is 5.82 Å². The summed E-state index contributed by atoms with van der Waals surface area (Å²) in [6.07, 6.45) is 9.99. The fraction of sp³-hybridized carbons (Fsp3) is 0.481. The predicted octanol–water partition coefficient (Wildman–Crippen LogP) is 4.71. The van der Waals surface area contributed by atoms with Crippen molar-refractivity contribution < 1.29 is 13.9 Å². The Bertz CT molecular complexity index is 1130. The zero-order valence-corrected chi connectivity index (χ0v) is 20.4. The molecule has 0 amide bonds. The Kier molecular flexibility index (Phi) is 7.18. The van der Waals surface area contributed by atoms with Gasteiger partial charge in [0.15, 0.2) is 0 Å². The van der Waals surface area contributed by atoms with Crippen LogP contribution in [0.1, 0.15) is 37.3 Å². The highest BCUT2D eigenvalue weighted by Crippen LogP contribution is 2.48. The molecule has 0 bridgehead atoms. The summed E-state index contributed by atoms with van der Waals surface area (Å²) in [7, 11) is 1.51. The largest absolute Gasteiger partial charge is 0.467 e. The van der Waals surface area contributed by atoms with Crippen LogP contribution in [0, 0.1) is 23.6 Å². The van der Waals surface area contributed by atoms with Gasteiger partial charge in [-0.05, 0) is 61.1 Å². The first-order chi connectivity index (χ1) is 17.1. The van der Waals surface area contributed by atoms with Gasteiger partial charge < -0.3 is 14.4 Å². The Morgan fingerprint density at radius 2 is 1.89 bits per heavy atom. The Morgan fingerprint density at radius 1 is 1.09 bits per heavy atom. The zero-order valence-electron chi connectivity index (χ0n) is 20.4.